The average molecular weight is 280 g/mol. The Kier molecular flexibility index (Phi) is 5.05. The molecule has 0 aliphatic carbocycles. The van der Waals surface area contributed by atoms with Crippen LogP contribution >= 0.6 is 0 Å². The second-order valence-electron chi connectivity index (χ2n) is 5.72. The van der Waals surface area contributed by atoms with Gasteiger partial charge in [-0.25, -0.2) is 0 Å². The fourth-order valence-electron chi connectivity index (χ4n) is 2.75. The molecule has 7 nitrogen and oxygen atoms in total. The van der Waals surface area contributed by atoms with Crippen molar-refractivity contribution in [1.82, 2.24) is 30.8 Å². The van der Waals surface area contributed by atoms with E-state index in [9.17, 15) is 4.79 Å². The van der Waals surface area contributed by atoms with Gasteiger partial charge in [-0.15, -0.1) is 10.2 Å². The molecule has 1 aromatic rings. The zero-order valence-corrected chi connectivity index (χ0v) is 12.4. The van der Waals surface area contributed by atoms with Gasteiger partial charge in [-0.1, -0.05) is 12.1 Å². The number of nitrogens with zero attached hydrogens (tertiary/aromatic N) is 4. The van der Waals surface area contributed by atoms with E-state index in [0.29, 0.717) is 12.4 Å². The minimum atomic E-state index is -0.250. The smallest absolute Gasteiger partial charge is 0.227 e. The first-order valence-corrected chi connectivity index (χ1v) is 7.37. The lowest BCUT2D eigenvalue weighted by molar-refractivity contribution is -0.133. The lowest BCUT2D eigenvalue weighted by Gasteiger charge is -2.38. The highest BCUT2D eigenvalue weighted by Gasteiger charge is 2.36. The zero-order chi connectivity index (χ0) is 14.4. The van der Waals surface area contributed by atoms with Gasteiger partial charge in [0.1, 0.15) is 0 Å². The van der Waals surface area contributed by atoms with Gasteiger partial charge in [0.15, 0.2) is 5.82 Å². The number of hydrogen-bond acceptors (Lipinski definition) is 5. The number of tetrazole rings is 1. The zero-order valence-electron chi connectivity index (χ0n) is 12.4. The minimum Gasteiger partial charge on any atom is -0.356 e. The van der Waals surface area contributed by atoms with Gasteiger partial charge in [0, 0.05) is 19.5 Å². The fraction of sp³-hybridized carbons (Fsp3) is 0.846. The summed E-state index contributed by atoms with van der Waals surface area (Å²) in [5.41, 5.74) is -0.250. The summed E-state index contributed by atoms with van der Waals surface area (Å²) in [6, 6.07) is 0. The van der Waals surface area contributed by atoms with Gasteiger partial charge >= 0.3 is 0 Å². The van der Waals surface area contributed by atoms with Gasteiger partial charge in [0.2, 0.25) is 5.91 Å². The van der Waals surface area contributed by atoms with E-state index < -0.39 is 0 Å². The number of likely N-dealkylation sites (tertiary alicyclic amines) is 1. The Morgan fingerprint density at radius 1 is 1.55 bits per heavy atom. The summed E-state index contributed by atoms with van der Waals surface area (Å²) in [6.45, 7) is 7.87. The number of carbonyl (C=O) groups excluding carboxylic acids is 1. The van der Waals surface area contributed by atoms with Crippen molar-refractivity contribution in [2.75, 3.05) is 26.2 Å². The maximum atomic E-state index is 12.4. The lowest BCUT2D eigenvalue weighted by Crippen LogP contribution is -2.50. The van der Waals surface area contributed by atoms with E-state index in [-0.39, 0.29) is 11.3 Å². The second-order valence-corrected chi connectivity index (χ2v) is 5.72. The van der Waals surface area contributed by atoms with Crippen molar-refractivity contribution in [1.29, 1.82) is 0 Å². The number of aromatic nitrogens is 4. The van der Waals surface area contributed by atoms with E-state index in [1.165, 1.54) is 0 Å². The van der Waals surface area contributed by atoms with E-state index in [0.717, 1.165) is 45.3 Å². The molecule has 1 saturated heterocycles. The monoisotopic (exact) mass is 280 g/mol. The predicted octanol–water partition coefficient (Wildman–Crippen LogP) is 0.371. The molecule has 0 aromatic carbocycles. The van der Waals surface area contributed by atoms with Gasteiger partial charge < -0.3 is 10.2 Å². The maximum absolute atomic E-state index is 12.4. The van der Waals surface area contributed by atoms with Crippen molar-refractivity contribution in [2.45, 2.75) is 39.5 Å². The molecule has 0 spiro atoms. The Bertz CT molecular complexity index is 421. The highest BCUT2D eigenvalue weighted by Crippen LogP contribution is 2.29. The van der Waals surface area contributed by atoms with E-state index in [1.807, 2.05) is 0 Å². The van der Waals surface area contributed by atoms with Crippen LogP contribution in [0.25, 0.3) is 0 Å². The SMILES string of the molecule is CCN1CCCC(C)(C(=O)NCCCc2nn[nH]n2)C1. The van der Waals surface area contributed by atoms with Gasteiger partial charge in [-0.05, 0) is 39.3 Å². The Labute approximate surface area is 119 Å². The van der Waals surface area contributed by atoms with Gasteiger partial charge in [0.25, 0.3) is 0 Å². The number of amides is 1. The Balaban J connectivity index is 1.73. The summed E-state index contributed by atoms with van der Waals surface area (Å²) in [4.78, 5) is 14.7. The average Bonchev–Trinajstić information content (AvgIpc) is 2.96. The van der Waals surface area contributed by atoms with Crippen LogP contribution in [-0.4, -0.2) is 57.6 Å². The fourth-order valence-corrected chi connectivity index (χ4v) is 2.75. The van der Waals surface area contributed by atoms with Crippen LogP contribution in [0.2, 0.25) is 0 Å². The number of piperidine rings is 1. The number of carbonyl (C=O) groups is 1. The topological polar surface area (TPSA) is 86.8 Å². The predicted molar refractivity (Wildman–Crippen MR) is 75.0 cm³/mol. The molecule has 1 aliphatic heterocycles. The highest BCUT2D eigenvalue weighted by molar-refractivity contribution is 5.82. The van der Waals surface area contributed by atoms with Crippen LogP contribution in [0.1, 0.15) is 38.9 Å². The normalized spacial score (nSPS) is 23.7. The third kappa shape index (κ3) is 3.75. The van der Waals surface area contributed by atoms with Crippen LogP contribution < -0.4 is 5.32 Å². The van der Waals surface area contributed by atoms with Crippen LogP contribution in [-0.2, 0) is 11.2 Å². The van der Waals surface area contributed by atoms with Crippen molar-refractivity contribution in [3.63, 3.8) is 0 Å². The second kappa shape index (κ2) is 6.78. The summed E-state index contributed by atoms with van der Waals surface area (Å²) < 4.78 is 0. The van der Waals surface area contributed by atoms with Crippen LogP contribution in [0.15, 0.2) is 0 Å². The lowest BCUT2D eigenvalue weighted by atomic mass is 9.81. The molecule has 1 amide bonds. The number of rotatable bonds is 6. The third-order valence-corrected chi connectivity index (χ3v) is 4.02. The summed E-state index contributed by atoms with van der Waals surface area (Å²) in [7, 11) is 0. The van der Waals surface area contributed by atoms with Crippen LogP contribution in [0.5, 0.6) is 0 Å². The van der Waals surface area contributed by atoms with Crippen LogP contribution in [0.4, 0.5) is 0 Å². The number of aryl methyl sites for hydroxylation is 1. The minimum absolute atomic E-state index is 0.170. The van der Waals surface area contributed by atoms with Crippen LogP contribution in [0.3, 0.4) is 0 Å². The van der Waals surface area contributed by atoms with E-state index in [1.54, 1.807) is 0 Å². The van der Waals surface area contributed by atoms with Crippen molar-refractivity contribution in [3.8, 4) is 0 Å². The molecule has 1 aliphatic rings. The Morgan fingerprint density at radius 3 is 3.10 bits per heavy atom. The third-order valence-electron chi connectivity index (χ3n) is 4.02. The highest BCUT2D eigenvalue weighted by atomic mass is 16.2. The molecule has 112 valence electrons. The number of hydrogen-bond donors (Lipinski definition) is 2. The summed E-state index contributed by atoms with van der Waals surface area (Å²) >= 11 is 0. The summed E-state index contributed by atoms with van der Waals surface area (Å²) in [5.74, 6) is 0.865. The molecule has 1 aromatic heterocycles. The molecule has 1 atom stereocenters. The molecule has 2 N–H and O–H groups in total. The van der Waals surface area contributed by atoms with Crippen molar-refractivity contribution >= 4 is 5.91 Å². The Hall–Kier alpha value is -1.50. The molecule has 7 heteroatoms. The van der Waals surface area contributed by atoms with E-state index in [4.69, 9.17) is 0 Å². The number of aromatic amines is 1. The molecule has 2 heterocycles. The van der Waals surface area contributed by atoms with E-state index >= 15 is 0 Å². The largest absolute Gasteiger partial charge is 0.356 e. The molecular weight excluding hydrogens is 256 g/mol. The number of H-pyrrole nitrogens is 1. The van der Waals surface area contributed by atoms with E-state index in [2.05, 4.69) is 44.7 Å². The molecule has 2 rings (SSSR count). The maximum Gasteiger partial charge on any atom is 0.227 e. The standard InChI is InChI=1S/C13H24N6O/c1-3-19-9-5-7-13(2,10-19)12(20)14-8-4-6-11-15-17-18-16-11/h3-10H2,1-2H3,(H,14,20)(H,15,16,17,18). The van der Waals surface area contributed by atoms with Crippen molar-refractivity contribution in [2.24, 2.45) is 5.41 Å². The molecular formula is C13H24N6O. The first-order valence-electron chi connectivity index (χ1n) is 7.37. The van der Waals surface area contributed by atoms with Crippen LogP contribution in [0, 0.1) is 5.41 Å². The van der Waals surface area contributed by atoms with Gasteiger partial charge in [-0.2, -0.15) is 5.21 Å². The quantitative estimate of drug-likeness (QED) is 0.735. The molecule has 20 heavy (non-hydrogen) atoms. The Morgan fingerprint density at radius 2 is 2.40 bits per heavy atom. The van der Waals surface area contributed by atoms with Gasteiger partial charge in [-0.3, -0.25) is 4.79 Å². The van der Waals surface area contributed by atoms with Crippen molar-refractivity contribution in [3.05, 3.63) is 5.82 Å². The summed E-state index contributed by atoms with van der Waals surface area (Å²) in [5, 5.41) is 16.8. The first kappa shape index (κ1) is 14.9. The molecule has 0 saturated carbocycles. The van der Waals surface area contributed by atoms with Crippen molar-refractivity contribution < 1.29 is 4.79 Å². The summed E-state index contributed by atoms with van der Waals surface area (Å²) in [6.07, 6.45) is 3.63. The van der Waals surface area contributed by atoms with Gasteiger partial charge in [0.05, 0.1) is 5.41 Å². The molecule has 1 fully saturated rings. The molecule has 0 radical (unpaired) electrons. The first-order chi connectivity index (χ1) is 9.64. The molecule has 0 bridgehead atoms. The molecule has 1 unspecified atom stereocenters. The number of nitrogens with one attached hydrogen (secondary N) is 2.